The van der Waals surface area contributed by atoms with E-state index in [-0.39, 0.29) is 5.79 Å². The van der Waals surface area contributed by atoms with Crippen molar-refractivity contribution in [3.8, 4) is 0 Å². The second-order valence-electron chi connectivity index (χ2n) is 4.50. The quantitative estimate of drug-likeness (QED) is 0.542. The second kappa shape index (κ2) is 8.12. The molecule has 0 aliphatic rings. The van der Waals surface area contributed by atoms with Gasteiger partial charge in [0.15, 0.2) is 5.79 Å². The van der Waals surface area contributed by atoms with Crippen LogP contribution in [0.4, 0.5) is 0 Å². The fourth-order valence-corrected chi connectivity index (χ4v) is 1.80. The molecular formula is C13H28O2. The Balaban J connectivity index is 3.87. The molecule has 0 aromatic rings. The van der Waals surface area contributed by atoms with E-state index in [2.05, 4.69) is 13.8 Å². The molecule has 0 aliphatic carbocycles. The molecular weight excluding hydrogens is 188 g/mol. The molecule has 92 valence electrons. The molecule has 0 radical (unpaired) electrons. The zero-order valence-electron chi connectivity index (χ0n) is 11.1. The fraction of sp³-hybridized carbons (Fsp3) is 1.00. The first-order valence-corrected chi connectivity index (χ1v) is 6.22. The molecule has 1 atom stereocenters. The van der Waals surface area contributed by atoms with Crippen LogP contribution in [0.2, 0.25) is 0 Å². The summed E-state index contributed by atoms with van der Waals surface area (Å²) in [6.45, 7) is 6.54. The van der Waals surface area contributed by atoms with E-state index in [1.807, 2.05) is 6.92 Å². The number of ether oxygens (including phenoxy) is 2. The SMILES string of the molecule is CCCCC(CC)CCC(C)(OC)OC. The zero-order chi connectivity index (χ0) is 11.7. The lowest BCUT2D eigenvalue weighted by Gasteiger charge is -2.28. The average Bonchev–Trinajstić information content (AvgIpc) is 2.29. The van der Waals surface area contributed by atoms with Crippen molar-refractivity contribution in [2.75, 3.05) is 14.2 Å². The minimum atomic E-state index is -0.389. The zero-order valence-corrected chi connectivity index (χ0v) is 11.1. The molecule has 15 heavy (non-hydrogen) atoms. The normalized spacial score (nSPS) is 14.2. The Labute approximate surface area is 95.3 Å². The van der Waals surface area contributed by atoms with E-state index in [1.54, 1.807) is 14.2 Å². The molecule has 2 nitrogen and oxygen atoms in total. The Morgan fingerprint density at radius 1 is 1.07 bits per heavy atom. The van der Waals surface area contributed by atoms with Gasteiger partial charge in [-0.1, -0.05) is 39.5 Å². The molecule has 0 fully saturated rings. The Kier molecular flexibility index (Phi) is 8.07. The predicted molar refractivity (Wildman–Crippen MR) is 65.0 cm³/mol. The van der Waals surface area contributed by atoms with Gasteiger partial charge in [-0.25, -0.2) is 0 Å². The third kappa shape index (κ3) is 6.16. The van der Waals surface area contributed by atoms with E-state index in [4.69, 9.17) is 9.47 Å². The highest BCUT2D eigenvalue weighted by molar-refractivity contribution is 4.66. The van der Waals surface area contributed by atoms with Gasteiger partial charge in [-0.05, 0) is 19.3 Å². The molecule has 0 rings (SSSR count). The Morgan fingerprint density at radius 3 is 2.07 bits per heavy atom. The molecule has 0 aromatic heterocycles. The van der Waals surface area contributed by atoms with Gasteiger partial charge in [0.05, 0.1) is 0 Å². The highest BCUT2D eigenvalue weighted by atomic mass is 16.7. The largest absolute Gasteiger partial charge is 0.353 e. The Morgan fingerprint density at radius 2 is 1.67 bits per heavy atom. The van der Waals surface area contributed by atoms with E-state index in [9.17, 15) is 0 Å². The van der Waals surface area contributed by atoms with E-state index in [0.717, 1.165) is 12.3 Å². The molecule has 0 saturated carbocycles. The Hall–Kier alpha value is -0.0800. The van der Waals surface area contributed by atoms with E-state index in [1.165, 1.54) is 32.1 Å². The van der Waals surface area contributed by atoms with E-state index >= 15 is 0 Å². The molecule has 0 N–H and O–H groups in total. The molecule has 2 heteroatoms. The maximum Gasteiger partial charge on any atom is 0.164 e. The highest BCUT2D eigenvalue weighted by Gasteiger charge is 2.23. The highest BCUT2D eigenvalue weighted by Crippen LogP contribution is 2.25. The van der Waals surface area contributed by atoms with Crippen LogP contribution in [-0.4, -0.2) is 20.0 Å². The molecule has 0 aliphatic heterocycles. The summed E-state index contributed by atoms with van der Waals surface area (Å²) in [5, 5.41) is 0. The molecule has 0 saturated heterocycles. The van der Waals surface area contributed by atoms with Crippen LogP contribution >= 0.6 is 0 Å². The summed E-state index contributed by atoms with van der Waals surface area (Å²) in [4.78, 5) is 0. The lowest BCUT2D eigenvalue weighted by molar-refractivity contribution is -0.199. The molecule has 1 unspecified atom stereocenters. The lowest BCUT2D eigenvalue weighted by Crippen LogP contribution is -2.30. The van der Waals surface area contributed by atoms with Crippen LogP contribution < -0.4 is 0 Å². The van der Waals surface area contributed by atoms with Gasteiger partial charge in [-0.3, -0.25) is 0 Å². The molecule has 0 heterocycles. The predicted octanol–water partition coefficient (Wildman–Crippen LogP) is 3.99. The van der Waals surface area contributed by atoms with Crippen LogP contribution in [0.1, 0.15) is 59.3 Å². The van der Waals surface area contributed by atoms with Gasteiger partial charge in [0, 0.05) is 20.6 Å². The van der Waals surface area contributed by atoms with E-state index < -0.39 is 0 Å². The fourth-order valence-electron chi connectivity index (χ4n) is 1.80. The van der Waals surface area contributed by atoms with Crippen LogP contribution in [0.5, 0.6) is 0 Å². The molecule has 0 bridgehead atoms. The van der Waals surface area contributed by atoms with Crippen molar-refractivity contribution >= 4 is 0 Å². The maximum absolute atomic E-state index is 5.36. The molecule has 0 amide bonds. The minimum Gasteiger partial charge on any atom is -0.353 e. The van der Waals surface area contributed by atoms with Crippen molar-refractivity contribution in [3.63, 3.8) is 0 Å². The van der Waals surface area contributed by atoms with Gasteiger partial charge in [-0.15, -0.1) is 0 Å². The van der Waals surface area contributed by atoms with Crippen LogP contribution in [0.25, 0.3) is 0 Å². The summed E-state index contributed by atoms with van der Waals surface area (Å²) >= 11 is 0. The number of methoxy groups -OCH3 is 2. The number of hydrogen-bond acceptors (Lipinski definition) is 2. The monoisotopic (exact) mass is 216 g/mol. The lowest BCUT2D eigenvalue weighted by atomic mass is 9.92. The van der Waals surface area contributed by atoms with Gasteiger partial charge >= 0.3 is 0 Å². The van der Waals surface area contributed by atoms with Crippen LogP contribution in [-0.2, 0) is 9.47 Å². The first-order chi connectivity index (χ1) is 7.11. The number of hydrogen-bond donors (Lipinski definition) is 0. The van der Waals surface area contributed by atoms with Crippen molar-refractivity contribution in [2.24, 2.45) is 5.92 Å². The van der Waals surface area contributed by atoms with Gasteiger partial charge in [0.25, 0.3) is 0 Å². The van der Waals surface area contributed by atoms with Crippen molar-refractivity contribution in [2.45, 2.75) is 65.1 Å². The van der Waals surface area contributed by atoms with Crippen molar-refractivity contribution in [3.05, 3.63) is 0 Å². The van der Waals surface area contributed by atoms with Gasteiger partial charge < -0.3 is 9.47 Å². The summed E-state index contributed by atoms with van der Waals surface area (Å²) < 4.78 is 10.7. The third-order valence-electron chi connectivity index (χ3n) is 3.41. The van der Waals surface area contributed by atoms with Gasteiger partial charge in [-0.2, -0.15) is 0 Å². The smallest absolute Gasteiger partial charge is 0.164 e. The minimum absolute atomic E-state index is 0.389. The first kappa shape index (κ1) is 14.9. The Bertz CT molecular complexity index is 141. The molecule has 0 aromatic carbocycles. The van der Waals surface area contributed by atoms with Gasteiger partial charge in [0.2, 0.25) is 0 Å². The number of rotatable bonds is 9. The van der Waals surface area contributed by atoms with Gasteiger partial charge in [0.1, 0.15) is 0 Å². The van der Waals surface area contributed by atoms with Crippen molar-refractivity contribution < 1.29 is 9.47 Å². The van der Waals surface area contributed by atoms with Crippen LogP contribution in [0.15, 0.2) is 0 Å². The second-order valence-corrected chi connectivity index (χ2v) is 4.50. The summed E-state index contributed by atoms with van der Waals surface area (Å²) in [6, 6.07) is 0. The first-order valence-electron chi connectivity index (χ1n) is 6.22. The van der Waals surface area contributed by atoms with E-state index in [0.29, 0.717) is 0 Å². The number of unbranched alkanes of at least 4 members (excludes halogenated alkanes) is 1. The van der Waals surface area contributed by atoms with Crippen LogP contribution in [0, 0.1) is 5.92 Å². The van der Waals surface area contributed by atoms with Crippen molar-refractivity contribution in [1.29, 1.82) is 0 Å². The summed E-state index contributed by atoms with van der Waals surface area (Å²) in [5.41, 5.74) is 0. The third-order valence-corrected chi connectivity index (χ3v) is 3.41. The summed E-state index contributed by atoms with van der Waals surface area (Å²) in [7, 11) is 3.44. The summed E-state index contributed by atoms with van der Waals surface area (Å²) in [6.07, 6.45) is 7.44. The van der Waals surface area contributed by atoms with Crippen LogP contribution in [0.3, 0.4) is 0 Å². The summed E-state index contributed by atoms with van der Waals surface area (Å²) in [5.74, 6) is 0.439. The average molecular weight is 216 g/mol. The maximum atomic E-state index is 5.36. The molecule has 0 spiro atoms. The topological polar surface area (TPSA) is 18.5 Å². The van der Waals surface area contributed by atoms with Crippen molar-refractivity contribution in [1.82, 2.24) is 0 Å². The standard InChI is InChI=1S/C13H28O2/c1-6-8-9-12(7-2)10-11-13(3,14-4)15-5/h12H,6-11H2,1-5H3.